The van der Waals surface area contributed by atoms with E-state index in [-0.39, 0.29) is 30.7 Å². The van der Waals surface area contributed by atoms with Crippen LogP contribution in [0.5, 0.6) is 0 Å². The highest BCUT2D eigenvalue weighted by molar-refractivity contribution is 6.30. The van der Waals surface area contributed by atoms with Gasteiger partial charge in [-0.1, -0.05) is 17.7 Å². The molecule has 7 rings (SSSR count). The third-order valence-electron chi connectivity index (χ3n) is 8.41. The summed E-state index contributed by atoms with van der Waals surface area (Å²) in [4.78, 5) is 48.1. The summed E-state index contributed by atoms with van der Waals surface area (Å²) >= 11 is 6.00. The molecular weight excluding hydrogens is 450 g/mol. The van der Waals surface area contributed by atoms with E-state index in [1.807, 2.05) is 12.1 Å². The van der Waals surface area contributed by atoms with Crippen molar-refractivity contribution >= 4 is 35.0 Å². The Morgan fingerprint density at radius 1 is 1.03 bits per heavy atom. The quantitative estimate of drug-likeness (QED) is 0.589. The third-order valence-corrected chi connectivity index (χ3v) is 8.66. The minimum atomic E-state index is -0.802. The van der Waals surface area contributed by atoms with E-state index in [0.717, 1.165) is 24.8 Å². The Balaban J connectivity index is 1.34. The fraction of sp³-hybridized carbons (Fsp3) is 0.481. The zero-order valence-corrected chi connectivity index (χ0v) is 19.8. The lowest BCUT2D eigenvalue weighted by atomic mass is 9.49. The molecule has 2 heterocycles. The number of imide groups is 1. The molecule has 1 unspecified atom stereocenters. The minimum absolute atomic E-state index is 0.000171. The van der Waals surface area contributed by atoms with E-state index in [1.54, 1.807) is 41.6 Å². The molecule has 5 aliphatic rings. The van der Waals surface area contributed by atoms with Crippen LogP contribution in [0.1, 0.15) is 50.5 Å². The summed E-state index contributed by atoms with van der Waals surface area (Å²) in [5.41, 5.74) is 0.963. The van der Waals surface area contributed by atoms with Gasteiger partial charge in [-0.05, 0) is 92.2 Å². The van der Waals surface area contributed by atoms with Crippen molar-refractivity contribution in [2.45, 2.75) is 57.5 Å². The van der Waals surface area contributed by atoms with Crippen molar-refractivity contribution in [2.75, 3.05) is 4.90 Å². The average molecular weight is 478 g/mol. The van der Waals surface area contributed by atoms with E-state index in [4.69, 9.17) is 11.6 Å². The number of anilines is 1. The summed E-state index contributed by atoms with van der Waals surface area (Å²) in [7, 11) is 0. The van der Waals surface area contributed by atoms with Crippen LogP contribution >= 0.6 is 11.6 Å². The Hall–Kier alpha value is -2.73. The van der Waals surface area contributed by atoms with Crippen molar-refractivity contribution in [3.8, 4) is 0 Å². The molecule has 7 heteroatoms. The number of benzene rings is 1. The fourth-order valence-electron chi connectivity index (χ4n) is 7.41. The highest BCUT2D eigenvalue weighted by atomic mass is 35.5. The number of hydrogen-bond donors (Lipinski definition) is 0. The molecule has 1 aliphatic heterocycles. The first-order chi connectivity index (χ1) is 16.4. The molecule has 34 heavy (non-hydrogen) atoms. The second kappa shape index (κ2) is 8.19. The predicted octanol–water partition coefficient (Wildman–Crippen LogP) is 4.61. The largest absolute Gasteiger partial charge is 0.325 e. The van der Waals surface area contributed by atoms with Crippen molar-refractivity contribution in [1.82, 2.24) is 9.88 Å². The number of halogens is 1. The molecule has 6 nitrogen and oxygen atoms in total. The highest BCUT2D eigenvalue weighted by Gasteiger charge is 2.57. The van der Waals surface area contributed by atoms with Crippen molar-refractivity contribution in [3.63, 3.8) is 0 Å². The summed E-state index contributed by atoms with van der Waals surface area (Å²) < 4.78 is 0. The van der Waals surface area contributed by atoms with Crippen molar-refractivity contribution in [2.24, 2.45) is 23.2 Å². The zero-order chi connectivity index (χ0) is 23.4. The van der Waals surface area contributed by atoms with Crippen molar-refractivity contribution in [1.29, 1.82) is 0 Å². The van der Waals surface area contributed by atoms with Gasteiger partial charge in [0, 0.05) is 24.0 Å². The molecule has 1 aromatic carbocycles. The first kappa shape index (κ1) is 21.8. The standard InChI is InChI=1S/C27H28ClN3O3/c28-21-3-5-22(6-4-21)31-24(32)11-23(25(31)33)30(16-17-2-1-7-29-15-17)26(34)27-12-18-8-19(13-27)10-20(9-18)14-27/h1-7,15,18-20,23H,8-14,16H2. The summed E-state index contributed by atoms with van der Waals surface area (Å²) in [6.07, 6.45) is 9.88. The number of carbonyl (C=O) groups is 3. The molecule has 3 amide bonds. The monoisotopic (exact) mass is 477 g/mol. The van der Waals surface area contributed by atoms with Crippen molar-refractivity contribution < 1.29 is 14.4 Å². The van der Waals surface area contributed by atoms with Gasteiger partial charge in [-0.25, -0.2) is 4.90 Å². The number of carbonyl (C=O) groups excluding carboxylic acids is 3. The molecule has 1 aromatic heterocycles. The summed E-state index contributed by atoms with van der Waals surface area (Å²) in [5, 5.41) is 0.537. The Morgan fingerprint density at radius 2 is 1.68 bits per heavy atom. The Morgan fingerprint density at radius 3 is 2.26 bits per heavy atom. The summed E-state index contributed by atoms with van der Waals surface area (Å²) in [6.45, 7) is 0.284. The Kier molecular flexibility index (Phi) is 5.25. The molecule has 176 valence electrons. The normalized spacial score (nSPS) is 31.9. The van der Waals surface area contributed by atoms with Crippen LogP contribution in [0.15, 0.2) is 48.8 Å². The van der Waals surface area contributed by atoms with Gasteiger partial charge in [-0.15, -0.1) is 0 Å². The summed E-state index contributed by atoms with van der Waals surface area (Å²) in [5.74, 6) is 1.27. The Labute approximate surface area is 204 Å². The maximum atomic E-state index is 14.3. The topological polar surface area (TPSA) is 70.6 Å². The second-order valence-corrected chi connectivity index (χ2v) is 11.2. The molecule has 0 spiro atoms. The van der Waals surface area contributed by atoms with Crippen LogP contribution in [0.3, 0.4) is 0 Å². The van der Waals surface area contributed by atoms with E-state index in [2.05, 4.69) is 4.98 Å². The van der Waals surface area contributed by atoms with Gasteiger partial charge in [0.25, 0.3) is 5.91 Å². The first-order valence-corrected chi connectivity index (χ1v) is 12.6. The maximum absolute atomic E-state index is 14.3. The minimum Gasteiger partial charge on any atom is -0.325 e. The van der Waals surface area contributed by atoms with Gasteiger partial charge < -0.3 is 4.90 Å². The SMILES string of the molecule is O=C1CC(N(Cc2cccnc2)C(=O)C23CC4CC(CC(C4)C2)C3)C(=O)N1c1ccc(Cl)cc1. The van der Waals surface area contributed by atoms with Crippen LogP contribution in [0.2, 0.25) is 5.02 Å². The van der Waals surface area contributed by atoms with E-state index in [1.165, 1.54) is 24.2 Å². The predicted molar refractivity (Wildman–Crippen MR) is 128 cm³/mol. The Bertz CT molecular complexity index is 1100. The third kappa shape index (κ3) is 3.63. The van der Waals surface area contributed by atoms with Gasteiger partial charge in [-0.3, -0.25) is 19.4 Å². The van der Waals surface area contributed by atoms with E-state index >= 15 is 0 Å². The second-order valence-electron chi connectivity index (χ2n) is 10.8. The van der Waals surface area contributed by atoms with Crippen LogP contribution in [0.25, 0.3) is 0 Å². The van der Waals surface area contributed by atoms with E-state index in [0.29, 0.717) is 28.5 Å². The van der Waals surface area contributed by atoms with Gasteiger partial charge in [0.15, 0.2) is 0 Å². The van der Waals surface area contributed by atoms with Gasteiger partial charge in [0.05, 0.1) is 17.5 Å². The number of aromatic nitrogens is 1. The van der Waals surface area contributed by atoms with Crippen LogP contribution in [0, 0.1) is 23.2 Å². The van der Waals surface area contributed by atoms with Crippen LogP contribution in [0.4, 0.5) is 5.69 Å². The van der Waals surface area contributed by atoms with Crippen LogP contribution in [-0.4, -0.2) is 33.6 Å². The molecule has 0 N–H and O–H groups in total. The molecule has 5 fully saturated rings. The molecule has 4 bridgehead atoms. The number of hydrogen-bond acceptors (Lipinski definition) is 4. The van der Waals surface area contributed by atoms with E-state index < -0.39 is 11.5 Å². The molecule has 4 saturated carbocycles. The van der Waals surface area contributed by atoms with Gasteiger partial charge in [-0.2, -0.15) is 0 Å². The smallest absolute Gasteiger partial charge is 0.257 e. The maximum Gasteiger partial charge on any atom is 0.257 e. The van der Waals surface area contributed by atoms with Gasteiger partial charge in [0.1, 0.15) is 6.04 Å². The molecular formula is C27H28ClN3O3. The summed E-state index contributed by atoms with van der Waals surface area (Å²) in [6, 6.07) is 9.64. The number of rotatable bonds is 5. The first-order valence-electron chi connectivity index (χ1n) is 12.2. The lowest BCUT2D eigenvalue weighted by Crippen LogP contribution is -2.57. The van der Waals surface area contributed by atoms with Crippen LogP contribution in [-0.2, 0) is 20.9 Å². The lowest BCUT2D eigenvalue weighted by Gasteiger charge is -2.56. The van der Waals surface area contributed by atoms with Crippen molar-refractivity contribution in [3.05, 3.63) is 59.4 Å². The van der Waals surface area contributed by atoms with Gasteiger partial charge >= 0.3 is 0 Å². The number of amides is 3. The van der Waals surface area contributed by atoms with E-state index in [9.17, 15) is 14.4 Å². The zero-order valence-electron chi connectivity index (χ0n) is 19.0. The molecule has 1 atom stereocenters. The number of pyridine rings is 1. The molecule has 1 saturated heterocycles. The highest BCUT2D eigenvalue weighted by Crippen LogP contribution is 2.60. The molecule has 2 aromatic rings. The fourth-order valence-corrected chi connectivity index (χ4v) is 7.54. The van der Waals surface area contributed by atoms with Gasteiger partial charge in [0.2, 0.25) is 11.8 Å². The number of nitrogens with zero attached hydrogens (tertiary/aromatic N) is 3. The molecule has 0 radical (unpaired) electrons. The van der Waals surface area contributed by atoms with Crippen LogP contribution < -0.4 is 4.90 Å². The molecule has 4 aliphatic carbocycles. The lowest BCUT2D eigenvalue weighted by molar-refractivity contribution is -0.162. The average Bonchev–Trinajstić information content (AvgIpc) is 3.11.